The third-order valence-electron chi connectivity index (χ3n) is 6.29. The summed E-state index contributed by atoms with van der Waals surface area (Å²) in [5, 5.41) is 15.7. The number of carbonyl (C=O) groups excluding carboxylic acids is 1. The van der Waals surface area contributed by atoms with Crippen LogP contribution in [0.2, 0.25) is 0 Å². The Morgan fingerprint density at radius 1 is 1.31 bits per heavy atom. The largest absolute Gasteiger partial charge is 0.360 e. The first-order valence-electron chi connectivity index (χ1n) is 12.2. The molecule has 0 unspecified atom stereocenters. The lowest BCUT2D eigenvalue weighted by Gasteiger charge is -2.30. The fraction of sp³-hybridized carbons (Fsp3) is 0.357. The van der Waals surface area contributed by atoms with Crippen LogP contribution in [0.3, 0.4) is 0 Å². The molecule has 1 aliphatic carbocycles. The second kappa shape index (κ2) is 12.0. The molecule has 1 saturated heterocycles. The minimum absolute atomic E-state index is 0.323. The van der Waals surface area contributed by atoms with E-state index in [2.05, 4.69) is 62.4 Å². The maximum absolute atomic E-state index is 12.2. The number of nitriles is 1. The van der Waals surface area contributed by atoms with E-state index in [-0.39, 0.29) is 0 Å². The predicted octanol–water partition coefficient (Wildman–Crippen LogP) is 1.70. The second-order valence-electron chi connectivity index (χ2n) is 8.71. The number of hydrogen-bond acceptors (Lipinski definition) is 6. The number of rotatable bonds is 7. The molecule has 4 rings (SSSR count). The molecule has 1 fully saturated rings. The molecule has 8 nitrogen and oxygen atoms in total. The molecular weight excluding hydrogens is 450 g/mol. The van der Waals surface area contributed by atoms with Gasteiger partial charge in [-0.05, 0) is 31.1 Å². The van der Waals surface area contributed by atoms with Crippen LogP contribution in [-0.2, 0) is 13.1 Å². The van der Waals surface area contributed by atoms with Gasteiger partial charge in [-0.3, -0.25) is 9.78 Å². The highest BCUT2D eigenvalue weighted by Crippen LogP contribution is 2.36. The molecule has 184 valence electrons. The molecule has 2 aromatic rings. The number of aliphatic imine (C=N–C) groups is 1. The first-order chi connectivity index (χ1) is 17.7. The van der Waals surface area contributed by atoms with Crippen LogP contribution in [0.15, 0.2) is 29.4 Å². The number of allylic oxidation sites excluding steroid dienone is 2. The van der Waals surface area contributed by atoms with Crippen LogP contribution in [0.1, 0.15) is 41.5 Å². The summed E-state index contributed by atoms with van der Waals surface area (Å²) in [4.78, 5) is 25.5. The fourth-order valence-corrected chi connectivity index (χ4v) is 4.55. The maximum atomic E-state index is 12.2. The van der Waals surface area contributed by atoms with E-state index in [4.69, 9.17) is 0 Å². The molecule has 8 heteroatoms. The Bertz CT molecular complexity index is 1390. The van der Waals surface area contributed by atoms with Crippen LogP contribution in [0.25, 0.3) is 12.2 Å². The third-order valence-corrected chi connectivity index (χ3v) is 6.29. The van der Waals surface area contributed by atoms with Crippen molar-refractivity contribution in [2.24, 2.45) is 4.99 Å². The van der Waals surface area contributed by atoms with Crippen molar-refractivity contribution >= 4 is 36.3 Å². The van der Waals surface area contributed by atoms with E-state index in [0.29, 0.717) is 35.9 Å². The number of nitrogens with one attached hydrogen (secondary N) is 1. The lowest BCUT2D eigenvalue weighted by molar-refractivity contribution is 0.111. The molecule has 1 aliphatic heterocycles. The van der Waals surface area contributed by atoms with Crippen LogP contribution >= 0.6 is 0 Å². The topological polar surface area (TPSA) is 89.5 Å². The first kappa shape index (κ1) is 25.0. The van der Waals surface area contributed by atoms with Gasteiger partial charge in [-0.15, -0.1) is 5.92 Å². The van der Waals surface area contributed by atoms with Crippen molar-refractivity contribution in [3.63, 3.8) is 0 Å². The van der Waals surface area contributed by atoms with Gasteiger partial charge in [0.1, 0.15) is 28.8 Å². The smallest absolute Gasteiger partial charge is 0.168 e. The van der Waals surface area contributed by atoms with E-state index in [9.17, 15) is 10.1 Å². The van der Waals surface area contributed by atoms with E-state index in [1.807, 2.05) is 28.8 Å². The molecule has 2 aliphatic rings. The molecule has 0 atom stereocenters. The summed E-state index contributed by atoms with van der Waals surface area (Å²) in [5.74, 6) is 6.64. The van der Waals surface area contributed by atoms with Crippen LogP contribution in [0.4, 0.5) is 11.5 Å². The number of aromatic nitrogens is 2. The lowest BCUT2D eigenvalue weighted by atomic mass is 10.1. The van der Waals surface area contributed by atoms with Crippen molar-refractivity contribution in [1.29, 1.82) is 5.26 Å². The lowest BCUT2D eigenvalue weighted by Crippen LogP contribution is -2.44. The molecular formula is C28H31N7O. The first-order valence-corrected chi connectivity index (χ1v) is 12.2. The zero-order valence-electron chi connectivity index (χ0n) is 20.9. The van der Waals surface area contributed by atoms with E-state index in [0.717, 1.165) is 56.2 Å². The maximum Gasteiger partial charge on any atom is 0.168 e. The normalized spacial score (nSPS) is 17.8. The average molecular weight is 482 g/mol. The highest BCUT2D eigenvalue weighted by atomic mass is 16.1. The number of anilines is 1. The molecule has 36 heavy (non-hydrogen) atoms. The number of pyridine rings is 1. The molecule has 0 bridgehead atoms. The van der Waals surface area contributed by atoms with Crippen molar-refractivity contribution in [2.75, 3.05) is 38.1 Å². The Kier molecular flexibility index (Phi) is 8.33. The minimum Gasteiger partial charge on any atom is -0.360 e. The van der Waals surface area contributed by atoms with Gasteiger partial charge in [-0.2, -0.15) is 5.26 Å². The van der Waals surface area contributed by atoms with E-state index < -0.39 is 0 Å². The summed E-state index contributed by atoms with van der Waals surface area (Å²) in [7, 11) is 1.91. The SMILES string of the molecule is CC#CCn1c(C=O)c(N=CN(C)Cc2nccc3/c2=C\C=C\CC\C=3)c(C#N)c1N1CCNCC1. The number of hydrogen-bond donors (Lipinski definition) is 1. The summed E-state index contributed by atoms with van der Waals surface area (Å²) in [6, 6.07) is 4.35. The molecule has 0 aromatic carbocycles. The molecule has 2 aromatic heterocycles. The molecule has 0 saturated carbocycles. The predicted molar refractivity (Wildman–Crippen MR) is 143 cm³/mol. The van der Waals surface area contributed by atoms with Crippen LogP contribution < -0.4 is 20.7 Å². The monoisotopic (exact) mass is 481 g/mol. The number of aldehydes is 1. The zero-order chi connectivity index (χ0) is 25.3. The van der Waals surface area contributed by atoms with Crippen LogP contribution in [0, 0.1) is 23.2 Å². The van der Waals surface area contributed by atoms with E-state index >= 15 is 0 Å². The molecule has 0 radical (unpaired) electrons. The molecule has 3 heterocycles. The van der Waals surface area contributed by atoms with Crippen molar-refractivity contribution in [3.05, 3.63) is 51.8 Å². The van der Waals surface area contributed by atoms with Crippen molar-refractivity contribution in [3.8, 4) is 17.9 Å². The van der Waals surface area contributed by atoms with Crippen molar-refractivity contribution in [1.82, 2.24) is 19.8 Å². The van der Waals surface area contributed by atoms with Gasteiger partial charge in [0.2, 0.25) is 0 Å². The van der Waals surface area contributed by atoms with Gasteiger partial charge in [-0.25, -0.2) is 4.99 Å². The fourth-order valence-electron chi connectivity index (χ4n) is 4.55. The number of piperazine rings is 1. The summed E-state index contributed by atoms with van der Waals surface area (Å²) >= 11 is 0. The Balaban J connectivity index is 1.70. The quantitative estimate of drug-likeness (QED) is 0.280. The van der Waals surface area contributed by atoms with Gasteiger partial charge in [0, 0.05) is 44.6 Å². The Morgan fingerprint density at radius 3 is 2.89 bits per heavy atom. The average Bonchev–Trinajstić information content (AvgIpc) is 3.19. The molecule has 0 amide bonds. The van der Waals surface area contributed by atoms with Crippen molar-refractivity contribution in [2.45, 2.75) is 32.9 Å². The van der Waals surface area contributed by atoms with E-state index in [1.54, 1.807) is 13.3 Å². The Labute approximate surface area is 211 Å². The highest BCUT2D eigenvalue weighted by Gasteiger charge is 2.27. The van der Waals surface area contributed by atoms with E-state index in [1.165, 1.54) is 5.22 Å². The standard InChI is InChI=1S/C28H31N7O/c1-3-4-15-35-26(20-36)27(24(18-29)28(35)34-16-13-30-14-17-34)32-21-33(2)19-25-23-10-8-6-5-7-9-22(23)11-12-31-25/h6,8-12,20-21,30H,5,7,13-17,19H2,1-2H3/b8-6+,22-9-,23-10+,32-21?. The summed E-state index contributed by atoms with van der Waals surface area (Å²) in [6.07, 6.45) is 14.9. The highest BCUT2D eigenvalue weighted by molar-refractivity contribution is 5.90. The van der Waals surface area contributed by atoms with Crippen molar-refractivity contribution < 1.29 is 4.79 Å². The number of nitrogens with zero attached hydrogens (tertiary/aromatic N) is 6. The van der Waals surface area contributed by atoms with Gasteiger partial charge in [0.05, 0.1) is 25.1 Å². The molecule has 1 N–H and O–H groups in total. The third kappa shape index (κ3) is 5.40. The van der Waals surface area contributed by atoms with Gasteiger partial charge in [-0.1, -0.05) is 30.2 Å². The Morgan fingerprint density at radius 2 is 2.14 bits per heavy atom. The van der Waals surface area contributed by atoms with Gasteiger partial charge in [0.25, 0.3) is 0 Å². The Hall–Kier alpha value is -4.14. The number of fused-ring (bicyclic) bond motifs is 1. The zero-order valence-corrected chi connectivity index (χ0v) is 20.9. The summed E-state index contributed by atoms with van der Waals surface area (Å²) in [5.41, 5.74) is 2.09. The minimum atomic E-state index is 0.323. The summed E-state index contributed by atoms with van der Waals surface area (Å²) < 4.78 is 1.82. The van der Waals surface area contributed by atoms with Gasteiger partial charge >= 0.3 is 0 Å². The van der Waals surface area contributed by atoms with Crippen LogP contribution in [-0.4, -0.2) is 60.3 Å². The number of carbonyl (C=O) groups is 1. The van der Waals surface area contributed by atoms with Gasteiger partial charge < -0.3 is 19.7 Å². The molecule has 0 spiro atoms. The second-order valence-corrected chi connectivity index (χ2v) is 8.71. The van der Waals surface area contributed by atoms with Crippen LogP contribution in [0.5, 0.6) is 0 Å². The summed E-state index contributed by atoms with van der Waals surface area (Å²) in [6.45, 7) is 5.73. The van der Waals surface area contributed by atoms with Gasteiger partial charge in [0.15, 0.2) is 6.29 Å².